The maximum Gasteiger partial charge on any atom is 0.243 e. The van der Waals surface area contributed by atoms with Crippen molar-refractivity contribution < 1.29 is 17.6 Å². The lowest BCUT2D eigenvalue weighted by atomic mass is 10.2. The van der Waals surface area contributed by atoms with E-state index < -0.39 is 27.8 Å². The topological polar surface area (TPSA) is 79.4 Å². The van der Waals surface area contributed by atoms with Gasteiger partial charge in [-0.15, -0.1) is 0 Å². The summed E-state index contributed by atoms with van der Waals surface area (Å²) in [4.78, 5) is 16.2. The molecule has 2 aromatic rings. The van der Waals surface area contributed by atoms with E-state index in [1.807, 2.05) is 0 Å². The van der Waals surface area contributed by atoms with Gasteiger partial charge < -0.3 is 5.32 Å². The first-order valence-electron chi connectivity index (χ1n) is 7.20. The van der Waals surface area contributed by atoms with Crippen molar-refractivity contribution >= 4 is 21.6 Å². The quantitative estimate of drug-likeness (QED) is 0.859. The van der Waals surface area contributed by atoms with Crippen molar-refractivity contribution in [2.45, 2.75) is 19.5 Å². The Kier molecular flexibility index (Phi) is 5.50. The number of carbonyl (C=O) groups is 1. The number of hydrogen-bond acceptors (Lipinski definition) is 4. The second-order valence-corrected chi connectivity index (χ2v) is 7.15. The van der Waals surface area contributed by atoms with Crippen molar-refractivity contribution in [3.8, 4) is 0 Å². The van der Waals surface area contributed by atoms with E-state index in [1.165, 1.54) is 25.1 Å². The lowest BCUT2D eigenvalue weighted by molar-refractivity contribution is -0.122. The van der Waals surface area contributed by atoms with E-state index in [0.29, 0.717) is 0 Å². The van der Waals surface area contributed by atoms with Crippen LogP contribution in [-0.2, 0) is 21.4 Å². The van der Waals surface area contributed by atoms with Gasteiger partial charge in [-0.2, -0.15) is 0 Å². The van der Waals surface area contributed by atoms with Gasteiger partial charge in [-0.05, 0) is 42.8 Å². The highest BCUT2D eigenvalue weighted by Crippen LogP contribution is 2.21. The number of amides is 1. The van der Waals surface area contributed by atoms with E-state index in [2.05, 4.69) is 10.3 Å². The fraction of sp³-hybridized carbons (Fsp3) is 0.250. The Morgan fingerprint density at radius 3 is 2.54 bits per heavy atom. The smallest absolute Gasteiger partial charge is 0.243 e. The minimum absolute atomic E-state index is 0.101. The van der Waals surface area contributed by atoms with Gasteiger partial charge in [0.15, 0.2) is 0 Å². The first kappa shape index (κ1) is 17.9. The molecule has 0 fully saturated rings. The lowest BCUT2D eigenvalue weighted by Crippen LogP contribution is -2.47. The zero-order chi connectivity index (χ0) is 17.7. The summed E-state index contributed by atoms with van der Waals surface area (Å²) < 4.78 is 38.5. The van der Waals surface area contributed by atoms with Crippen LogP contribution in [-0.4, -0.2) is 31.6 Å². The molecule has 8 heteroatoms. The summed E-state index contributed by atoms with van der Waals surface area (Å²) in [5.74, 6) is -1.06. The van der Waals surface area contributed by atoms with E-state index in [9.17, 15) is 17.6 Å². The molecule has 6 nitrogen and oxygen atoms in total. The maximum absolute atomic E-state index is 13.4. The summed E-state index contributed by atoms with van der Waals surface area (Å²) in [7, 11) is -3.77. The Morgan fingerprint density at radius 2 is 1.96 bits per heavy atom. The SMILES string of the molecule is CC(C(=O)NCc1ccncc1)N(c1cccc(F)c1)S(C)(=O)=O. The molecule has 1 unspecified atom stereocenters. The average molecular weight is 351 g/mol. The van der Waals surface area contributed by atoms with Crippen LogP contribution in [0.3, 0.4) is 0 Å². The van der Waals surface area contributed by atoms with Crippen molar-refractivity contribution in [1.82, 2.24) is 10.3 Å². The molecule has 1 heterocycles. The molecule has 1 N–H and O–H groups in total. The van der Waals surface area contributed by atoms with Gasteiger partial charge in [0, 0.05) is 18.9 Å². The maximum atomic E-state index is 13.4. The van der Waals surface area contributed by atoms with Crippen LogP contribution in [0.15, 0.2) is 48.8 Å². The number of halogens is 1. The predicted molar refractivity (Wildman–Crippen MR) is 89.3 cm³/mol. The van der Waals surface area contributed by atoms with Gasteiger partial charge in [0.05, 0.1) is 11.9 Å². The molecule has 0 saturated carbocycles. The molecule has 0 aliphatic carbocycles. The summed E-state index contributed by atoms with van der Waals surface area (Å²) >= 11 is 0. The minimum Gasteiger partial charge on any atom is -0.350 e. The molecule has 1 atom stereocenters. The molecule has 0 bridgehead atoms. The number of nitrogens with one attached hydrogen (secondary N) is 1. The fourth-order valence-electron chi connectivity index (χ4n) is 2.26. The highest BCUT2D eigenvalue weighted by atomic mass is 32.2. The van der Waals surface area contributed by atoms with Gasteiger partial charge in [0.2, 0.25) is 15.9 Å². The molecule has 0 spiro atoms. The van der Waals surface area contributed by atoms with Gasteiger partial charge in [0.25, 0.3) is 0 Å². The van der Waals surface area contributed by atoms with Crippen LogP contribution in [0, 0.1) is 5.82 Å². The molecular weight excluding hydrogens is 333 g/mol. The van der Waals surface area contributed by atoms with Crippen LogP contribution in [0.25, 0.3) is 0 Å². The van der Waals surface area contributed by atoms with Gasteiger partial charge >= 0.3 is 0 Å². The number of pyridine rings is 1. The largest absolute Gasteiger partial charge is 0.350 e. The Bertz CT molecular complexity index is 812. The summed E-state index contributed by atoms with van der Waals surface area (Å²) in [6, 6.07) is 7.58. The molecule has 1 amide bonds. The van der Waals surface area contributed by atoms with Gasteiger partial charge in [-0.3, -0.25) is 14.1 Å². The van der Waals surface area contributed by atoms with E-state index in [0.717, 1.165) is 22.2 Å². The average Bonchev–Trinajstić information content (AvgIpc) is 2.52. The van der Waals surface area contributed by atoms with E-state index in [-0.39, 0.29) is 12.2 Å². The summed E-state index contributed by atoms with van der Waals surface area (Å²) in [6.45, 7) is 1.69. The molecule has 128 valence electrons. The van der Waals surface area contributed by atoms with Gasteiger partial charge in [-0.25, -0.2) is 12.8 Å². The number of sulfonamides is 1. The van der Waals surface area contributed by atoms with Crippen molar-refractivity contribution in [3.63, 3.8) is 0 Å². The molecule has 1 aromatic heterocycles. The molecular formula is C16H18FN3O3S. The Hall–Kier alpha value is -2.48. The molecule has 0 radical (unpaired) electrons. The summed E-state index contributed by atoms with van der Waals surface area (Å²) in [5.41, 5.74) is 0.936. The highest BCUT2D eigenvalue weighted by molar-refractivity contribution is 7.92. The van der Waals surface area contributed by atoms with E-state index in [4.69, 9.17) is 0 Å². The lowest BCUT2D eigenvalue weighted by Gasteiger charge is -2.28. The van der Waals surface area contributed by atoms with Crippen LogP contribution in [0.5, 0.6) is 0 Å². The Morgan fingerprint density at radius 1 is 1.29 bits per heavy atom. The number of carbonyl (C=O) groups excluding carboxylic acids is 1. The second kappa shape index (κ2) is 7.39. The zero-order valence-electron chi connectivity index (χ0n) is 13.3. The number of anilines is 1. The van der Waals surface area contributed by atoms with Crippen LogP contribution in [0.2, 0.25) is 0 Å². The van der Waals surface area contributed by atoms with Gasteiger partial charge in [-0.1, -0.05) is 6.07 Å². The minimum atomic E-state index is -3.77. The van der Waals surface area contributed by atoms with Crippen LogP contribution in [0.4, 0.5) is 10.1 Å². The van der Waals surface area contributed by atoms with Crippen LogP contribution < -0.4 is 9.62 Å². The molecule has 1 aromatic carbocycles. The Labute approximate surface area is 140 Å². The van der Waals surface area contributed by atoms with Crippen molar-refractivity contribution in [2.75, 3.05) is 10.6 Å². The van der Waals surface area contributed by atoms with E-state index >= 15 is 0 Å². The number of rotatable bonds is 6. The monoisotopic (exact) mass is 351 g/mol. The summed E-state index contributed by atoms with van der Waals surface area (Å²) in [5, 5.41) is 2.67. The molecule has 0 aliphatic rings. The third-order valence-corrected chi connectivity index (χ3v) is 4.61. The third kappa shape index (κ3) is 4.51. The molecule has 2 rings (SSSR count). The fourth-order valence-corrected chi connectivity index (χ4v) is 3.43. The first-order valence-corrected chi connectivity index (χ1v) is 9.05. The molecule has 0 aliphatic heterocycles. The molecule has 0 saturated heterocycles. The number of nitrogens with zero attached hydrogens (tertiary/aromatic N) is 2. The second-order valence-electron chi connectivity index (χ2n) is 5.29. The van der Waals surface area contributed by atoms with Crippen LogP contribution in [0.1, 0.15) is 12.5 Å². The van der Waals surface area contributed by atoms with Crippen LogP contribution >= 0.6 is 0 Å². The number of hydrogen-bond donors (Lipinski definition) is 1. The molecule has 24 heavy (non-hydrogen) atoms. The van der Waals surface area contributed by atoms with Crippen molar-refractivity contribution in [1.29, 1.82) is 0 Å². The van der Waals surface area contributed by atoms with E-state index in [1.54, 1.807) is 24.5 Å². The van der Waals surface area contributed by atoms with Gasteiger partial charge in [0.1, 0.15) is 11.9 Å². The highest BCUT2D eigenvalue weighted by Gasteiger charge is 2.29. The zero-order valence-corrected chi connectivity index (χ0v) is 14.1. The predicted octanol–water partition coefficient (Wildman–Crippen LogP) is 1.69. The normalized spacial score (nSPS) is 12.5. The Balaban J connectivity index is 2.19. The van der Waals surface area contributed by atoms with Crippen molar-refractivity contribution in [3.05, 3.63) is 60.2 Å². The third-order valence-electron chi connectivity index (χ3n) is 3.37. The van der Waals surface area contributed by atoms with Crippen molar-refractivity contribution in [2.24, 2.45) is 0 Å². The standard InChI is InChI=1S/C16H18FN3O3S/c1-12(16(21)19-11-13-6-8-18-9-7-13)20(24(2,22)23)15-5-3-4-14(17)10-15/h3-10,12H,11H2,1-2H3,(H,19,21). The number of aromatic nitrogens is 1. The summed E-state index contributed by atoms with van der Waals surface area (Å²) in [6.07, 6.45) is 4.17. The number of benzene rings is 1. The first-order chi connectivity index (χ1) is 11.3.